The van der Waals surface area contributed by atoms with Gasteiger partial charge in [-0.1, -0.05) is 59.7 Å². The lowest BCUT2D eigenvalue weighted by Gasteiger charge is -2.20. The highest BCUT2D eigenvalue weighted by atomic mass is 16.5. The van der Waals surface area contributed by atoms with Crippen molar-refractivity contribution in [3.63, 3.8) is 0 Å². The van der Waals surface area contributed by atoms with Crippen molar-refractivity contribution in [2.24, 2.45) is 0 Å². The van der Waals surface area contributed by atoms with Gasteiger partial charge in [-0.15, -0.1) is 0 Å². The van der Waals surface area contributed by atoms with Crippen LogP contribution in [0.3, 0.4) is 0 Å². The average Bonchev–Trinajstić information content (AvgIpc) is 2.92. The van der Waals surface area contributed by atoms with Crippen LogP contribution in [-0.4, -0.2) is 31.9 Å². The van der Waals surface area contributed by atoms with Crippen LogP contribution in [0.5, 0.6) is 0 Å². The van der Waals surface area contributed by atoms with Gasteiger partial charge in [-0.2, -0.15) is 0 Å². The fourth-order valence-corrected chi connectivity index (χ4v) is 4.08. The monoisotopic (exact) mass is 492 g/mol. The van der Waals surface area contributed by atoms with Crippen LogP contribution in [0.2, 0.25) is 0 Å². The highest BCUT2D eigenvalue weighted by molar-refractivity contribution is 6.11. The van der Waals surface area contributed by atoms with Crippen LogP contribution >= 0.6 is 0 Å². The van der Waals surface area contributed by atoms with E-state index in [4.69, 9.17) is 4.74 Å². The Kier molecular flexibility index (Phi) is 7.49. The van der Waals surface area contributed by atoms with Gasteiger partial charge in [0.05, 0.1) is 18.4 Å². The summed E-state index contributed by atoms with van der Waals surface area (Å²) >= 11 is 0. The minimum absolute atomic E-state index is 0.241. The standard InChI is InChI=1S/C31H28N2O4/c1-20-9-12-22(13-10-20)25-7-5-6-8-26(25)29(34)32-24-16-14-23(15-17-24)30(35)33(3)28-18-11-21(2)19-27(28)31(36)37-4/h5-19H,1-4H3,(H,32,34). The number of anilines is 2. The molecule has 0 saturated carbocycles. The molecule has 0 unspecified atom stereocenters. The minimum atomic E-state index is -0.512. The van der Waals surface area contributed by atoms with Crippen molar-refractivity contribution in [2.75, 3.05) is 24.4 Å². The zero-order chi connectivity index (χ0) is 26.5. The van der Waals surface area contributed by atoms with Gasteiger partial charge >= 0.3 is 5.97 Å². The molecule has 0 aliphatic carbocycles. The Bertz CT molecular complexity index is 1460. The van der Waals surface area contributed by atoms with Crippen molar-refractivity contribution in [3.05, 3.63) is 119 Å². The Morgan fingerprint density at radius 3 is 2.08 bits per heavy atom. The highest BCUT2D eigenvalue weighted by Gasteiger charge is 2.21. The summed E-state index contributed by atoms with van der Waals surface area (Å²) in [4.78, 5) is 39.9. The number of carbonyl (C=O) groups is 3. The molecule has 6 nitrogen and oxygen atoms in total. The van der Waals surface area contributed by atoms with Gasteiger partial charge in [0, 0.05) is 23.9 Å². The molecule has 1 N–H and O–H groups in total. The number of esters is 1. The van der Waals surface area contributed by atoms with E-state index in [0.29, 0.717) is 28.1 Å². The lowest BCUT2D eigenvalue weighted by atomic mass is 9.98. The van der Waals surface area contributed by atoms with E-state index in [1.165, 1.54) is 12.0 Å². The van der Waals surface area contributed by atoms with Gasteiger partial charge in [-0.05, 0) is 67.4 Å². The number of ether oxygens (including phenoxy) is 1. The summed E-state index contributed by atoms with van der Waals surface area (Å²) < 4.78 is 4.88. The molecule has 4 aromatic rings. The predicted octanol–water partition coefficient (Wildman–Crippen LogP) is 6.29. The van der Waals surface area contributed by atoms with E-state index in [1.807, 2.05) is 62.4 Å². The number of methoxy groups -OCH3 is 1. The summed E-state index contributed by atoms with van der Waals surface area (Å²) in [5, 5.41) is 2.92. The Morgan fingerprint density at radius 2 is 1.41 bits per heavy atom. The second kappa shape index (κ2) is 10.9. The third-order valence-corrected chi connectivity index (χ3v) is 6.15. The zero-order valence-electron chi connectivity index (χ0n) is 21.2. The van der Waals surface area contributed by atoms with Gasteiger partial charge < -0.3 is 15.0 Å². The van der Waals surface area contributed by atoms with E-state index in [1.54, 1.807) is 49.5 Å². The predicted molar refractivity (Wildman–Crippen MR) is 146 cm³/mol. The van der Waals surface area contributed by atoms with Crippen LogP contribution in [0.15, 0.2) is 91.0 Å². The first-order valence-corrected chi connectivity index (χ1v) is 11.8. The van der Waals surface area contributed by atoms with Crippen molar-refractivity contribution in [1.29, 1.82) is 0 Å². The van der Waals surface area contributed by atoms with Crippen LogP contribution in [0.25, 0.3) is 11.1 Å². The number of rotatable bonds is 6. The number of carbonyl (C=O) groups excluding carboxylic acids is 3. The molecule has 0 aromatic heterocycles. The van der Waals surface area contributed by atoms with Gasteiger partial charge in [0.1, 0.15) is 0 Å². The first kappa shape index (κ1) is 25.4. The van der Waals surface area contributed by atoms with Gasteiger partial charge in [-0.3, -0.25) is 9.59 Å². The van der Waals surface area contributed by atoms with E-state index < -0.39 is 5.97 Å². The minimum Gasteiger partial charge on any atom is -0.465 e. The van der Waals surface area contributed by atoms with Crippen LogP contribution in [-0.2, 0) is 4.74 Å². The quantitative estimate of drug-likeness (QED) is 0.321. The summed E-state index contributed by atoms with van der Waals surface area (Å²) in [5.41, 5.74) is 6.13. The number of hydrogen-bond donors (Lipinski definition) is 1. The molecule has 186 valence electrons. The third kappa shape index (κ3) is 5.59. The highest BCUT2D eigenvalue weighted by Crippen LogP contribution is 2.26. The molecule has 0 bridgehead atoms. The van der Waals surface area contributed by atoms with Gasteiger partial charge in [-0.25, -0.2) is 4.79 Å². The lowest BCUT2D eigenvalue weighted by molar-refractivity contribution is 0.0601. The zero-order valence-corrected chi connectivity index (χ0v) is 21.2. The first-order valence-electron chi connectivity index (χ1n) is 11.8. The molecule has 0 fully saturated rings. The van der Waals surface area contributed by atoms with Crippen molar-refractivity contribution in [2.45, 2.75) is 13.8 Å². The molecule has 6 heteroatoms. The SMILES string of the molecule is COC(=O)c1cc(C)ccc1N(C)C(=O)c1ccc(NC(=O)c2ccccc2-c2ccc(C)cc2)cc1. The maximum Gasteiger partial charge on any atom is 0.339 e. The van der Waals surface area contributed by atoms with Crippen LogP contribution in [0.1, 0.15) is 42.2 Å². The molecule has 0 saturated heterocycles. The fourth-order valence-electron chi connectivity index (χ4n) is 4.08. The molecule has 2 amide bonds. The van der Waals surface area contributed by atoms with E-state index in [-0.39, 0.29) is 11.8 Å². The van der Waals surface area contributed by atoms with Crippen LogP contribution < -0.4 is 10.2 Å². The maximum absolute atomic E-state index is 13.2. The smallest absolute Gasteiger partial charge is 0.339 e. The molecule has 0 spiro atoms. The van der Waals surface area contributed by atoms with E-state index in [2.05, 4.69) is 5.32 Å². The lowest BCUT2D eigenvalue weighted by Crippen LogP contribution is -2.28. The molecule has 37 heavy (non-hydrogen) atoms. The van der Waals surface area contributed by atoms with E-state index in [9.17, 15) is 14.4 Å². The number of nitrogens with one attached hydrogen (secondary N) is 1. The molecule has 0 radical (unpaired) electrons. The van der Waals surface area contributed by atoms with Crippen LogP contribution in [0.4, 0.5) is 11.4 Å². The number of amides is 2. The molecular formula is C31H28N2O4. The number of nitrogens with zero attached hydrogens (tertiary/aromatic N) is 1. The molecule has 0 heterocycles. The molecule has 0 atom stereocenters. The Morgan fingerprint density at radius 1 is 0.757 bits per heavy atom. The second-order valence-corrected chi connectivity index (χ2v) is 8.82. The summed E-state index contributed by atoms with van der Waals surface area (Å²) in [7, 11) is 2.92. The molecule has 0 aliphatic rings. The van der Waals surface area contributed by atoms with Gasteiger partial charge in [0.15, 0.2) is 0 Å². The third-order valence-electron chi connectivity index (χ3n) is 6.15. The van der Waals surface area contributed by atoms with Gasteiger partial charge in [0.2, 0.25) is 0 Å². The topological polar surface area (TPSA) is 75.7 Å². The Labute approximate surface area is 216 Å². The molecular weight excluding hydrogens is 464 g/mol. The maximum atomic E-state index is 13.2. The fraction of sp³-hybridized carbons (Fsp3) is 0.129. The van der Waals surface area contributed by atoms with E-state index in [0.717, 1.165) is 22.3 Å². The van der Waals surface area contributed by atoms with Crippen molar-refractivity contribution in [1.82, 2.24) is 0 Å². The molecule has 4 aromatic carbocycles. The summed E-state index contributed by atoms with van der Waals surface area (Å²) in [6.45, 7) is 3.89. The number of benzene rings is 4. The summed E-state index contributed by atoms with van der Waals surface area (Å²) in [5.74, 6) is -1.05. The van der Waals surface area contributed by atoms with Crippen molar-refractivity contribution < 1.29 is 19.1 Å². The van der Waals surface area contributed by atoms with Gasteiger partial charge in [0.25, 0.3) is 11.8 Å². The second-order valence-electron chi connectivity index (χ2n) is 8.82. The largest absolute Gasteiger partial charge is 0.465 e. The number of hydrogen-bond acceptors (Lipinski definition) is 4. The normalized spacial score (nSPS) is 10.5. The Balaban J connectivity index is 1.52. The van der Waals surface area contributed by atoms with Crippen LogP contribution in [0, 0.1) is 13.8 Å². The molecule has 0 aliphatic heterocycles. The van der Waals surface area contributed by atoms with E-state index >= 15 is 0 Å². The first-order chi connectivity index (χ1) is 17.8. The average molecular weight is 493 g/mol. The molecule has 4 rings (SSSR count). The summed E-state index contributed by atoms with van der Waals surface area (Å²) in [6.07, 6.45) is 0. The van der Waals surface area contributed by atoms with Crippen molar-refractivity contribution in [3.8, 4) is 11.1 Å². The summed E-state index contributed by atoms with van der Waals surface area (Å²) in [6, 6.07) is 27.4. The Hall–Kier alpha value is -4.71. The number of aryl methyl sites for hydroxylation is 2. The van der Waals surface area contributed by atoms with Crippen molar-refractivity contribution >= 4 is 29.2 Å².